The van der Waals surface area contributed by atoms with Crippen LogP contribution in [0.4, 0.5) is 0 Å². The summed E-state index contributed by atoms with van der Waals surface area (Å²) >= 11 is 1.70. The highest BCUT2D eigenvalue weighted by Gasteiger charge is 2.21. The Balaban J connectivity index is 1.55. The minimum absolute atomic E-state index is 0.317. The third kappa shape index (κ3) is 3.44. The zero-order chi connectivity index (χ0) is 15.5. The van der Waals surface area contributed by atoms with E-state index in [2.05, 4.69) is 37.6 Å². The van der Waals surface area contributed by atoms with Gasteiger partial charge in [0.25, 0.3) is 0 Å². The largest absolute Gasteiger partial charge is 0.352 e. The molecule has 2 N–H and O–H groups in total. The second-order valence-corrected chi connectivity index (χ2v) is 6.75. The lowest BCUT2D eigenvalue weighted by Crippen LogP contribution is -2.46. The first-order chi connectivity index (χ1) is 10.6. The number of rotatable bonds is 3. The van der Waals surface area contributed by atoms with E-state index >= 15 is 0 Å². The zero-order valence-electron chi connectivity index (χ0n) is 13.1. The van der Waals surface area contributed by atoms with Gasteiger partial charge in [-0.05, 0) is 20.3 Å². The molecule has 3 heterocycles. The Labute approximate surface area is 133 Å². The van der Waals surface area contributed by atoms with Crippen LogP contribution in [0, 0.1) is 13.8 Å². The van der Waals surface area contributed by atoms with E-state index in [9.17, 15) is 0 Å². The van der Waals surface area contributed by atoms with Crippen LogP contribution in [0.2, 0.25) is 0 Å². The Hall–Kier alpha value is -1.96. The van der Waals surface area contributed by atoms with Gasteiger partial charge in [-0.25, -0.2) is 14.6 Å². The van der Waals surface area contributed by atoms with Gasteiger partial charge in [0, 0.05) is 30.6 Å². The molecule has 7 nitrogen and oxygen atoms in total. The van der Waals surface area contributed by atoms with Crippen molar-refractivity contribution in [1.82, 2.24) is 30.4 Å². The molecule has 0 fully saturated rings. The number of nitrogens with zero attached hydrogens (tertiary/aromatic N) is 5. The summed E-state index contributed by atoms with van der Waals surface area (Å²) in [5.74, 6) is 2.73. The van der Waals surface area contributed by atoms with Crippen molar-refractivity contribution in [3.05, 3.63) is 27.7 Å². The molecule has 1 atom stereocenters. The van der Waals surface area contributed by atoms with Gasteiger partial charge in [0.15, 0.2) is 5.96 Å². The normalized spacial score (nSPS) is 18.1. The Kier molecular flexibility index (Phi) is 4.37. The van der Waals surface area contributed by atoms with Gasteiger partial charge in [-0.3, -0.25) is 4.99 Å². The average Bonchev–Trinajstić information content (AvgIpc) is 3.07. The molecular formula is C14H21N7S. The fourth-order valence-electron chi connectivity index (χ4n) is 2.58. The van der Waals surface area contributed by atoms with Crippen LogP contribution in [0.15, 0.2) is 11.2 Å². The Morgan fingerprint density at radius 3 is 3.09 bits per heavy atom. The molecule has 0 saturated carbocycles. The number of aryl methyl sites for hydroxylation is 3. The van der Waals surface area contributed by atoms with Crippen molar-refractivity contribution in [2.24, 2.45) is 4.99 Å². The van der Waals surface area contributed by atoms with Gasteiger partial charge in [0.1, 0.15) is 16.7 Å². The molecule has 0 aliphatic carbocycles. The maximum Gasteiger partial charge on any atom is 0.191 e. The van der Waals surface area contributed by atoms with Crippen molar-refractivity contribution in [2.45, 2.75) is 45.8 Å². The maximum atomic E-state index is 4.43. The van der Waals surface area contributed by atoms with E-state index in [-0.39, 0.29) is 0 Å². The minimum atomic E-state index is 0.317. The fraction of sp³-hybridized carbons (Fsp3) is 0.571. The van der Waals surface area contributed by atoms with Gasteiger partial charge in [-0.15, -0.1) is 11.3 Å². The van der Waals surface area contributed by atoms with Crippen LogP contribution in [-0.4, -0.2) is 38.8 Å². The Morgan fingerprint density at radius 1 is 1.50 bits per heavy atom. The number of fused-ring (bicyclic) bond motifs is 1. The van der Waals surface area contributed by atoms with Gasteiger partial charge < -0.3 is 10.6 Å². The molecule has 2 aromatic rings. The molecule has 1 aliphatic heterocycles. The summed E-state index contributed by atoms with van der Waals surface area (Å²) in [7, 11) is 1.79. The predicted octanol–water partition coefficient (Wildman–Crippen LogP) is 1.03. The highest BCUT2D eigenvalue weighted by atomic mass is 32.1. The molecule has 0 spiro atoms. The van der Waals surface area contributed by atoms with Crippen LogP contribution < -0.4 is 10.6 Å². The first-order valence-corrected chi connectivity index (χ1v) is 8.24. The molecule has 118 valence electrons. The minimum Gasteiger partial charge on any atom is -0.352 e. The summed E-state index contributed by atoms with van der Waals surface area (Å²) in [6, 6.07) is 0.317. The molecule has 1 aliphatic rings. The average molecular weight is 319 g/mol. The van der Waals surface area contributed by atoms with Crippen LogP contribution in [0.25, 0.3) is 0 Å². The van der Waals surface area contributed by atoms with Crippen molar-refractivity contribution < 1.29 is 0 Å². The zero-order valence-corrected chi connectivity index (χ0v) is 13.9. The van der Waals surface area contributed by atoms with Crippen molar-refractivity contribution >= 4 is 17.3 Å². The molecule has 0 aromatic carbocycles. The van der Waals surface area contributed by atoms with E-state index in [1.165, 1.54) is 4.88 Å². The highest BCUT2D eigenvalue weighted by molar-refractivity contribution is 7.11. The predicted molar refractivity (Wildman–Crippen MR) is 87.1 cm³/mol. The standard InChI is InChI=1S/C14H21N7S/c1-9-6-16-13(22-9)7-17-14(15-3)19-11-4-5-12-18-10(2)20-21(12)8-11/h6,11H,4-5,7-8H2,1-3H3,(H2,15,17,19). The third-order valence-corrected chi connectivity index (χ3v) is 4.52. The van der Waals surface area contributed by atoms with Crippen LogP contribution >= 0.6 is 11.3 Å². The van der Waals surface area contributed by atoms with Crippen molar-refractivity contribution in [1.29, 1.82) is 0 Å². The summed E-state index contributed by atoms with van der Waals surface area (Å²) in [5.41, 5.74) is 0. The second kappa shape index (κ2) is 6.43. The number of thiazole rings is 1. The lowest BCUT2D eigenvalue weighted by molar-refractivity contribution is 0.392. The number of aliphatic imine (C=N–C) groups is 1. The highest BCUT2D eigenvalue weighted by Crippen LogP contribution is 2.13. The molecule has 0 radical (unpaired) electrons. The van der Waals surface area contributed by atoms with E-state index in [1.807, 2.05) is 17.8 Å². The van der Waals surface area contributed by atoms with E-state index in [0.29, 0.717) is 12.6 Å². The lowest BCUT2D eigenvalue weighted by atomic mass is 10.1. The van der Waals surface area contributed by atoms with Gasteiger partial charge in [-0.2, -0.15) is 5.10 Å². The maximum absolute atomic E-state index is 4.43. The van der Waals surface area contributed by atoms with Crippen LogP contribution in [0.1, 0.15) is 28.0 Å². The molecule has 0 bridgehead atoms. The van der Waals surface area contributed by atoms with Crippen LogP contribution in [-0.2, 0) is 19.5 Å². The second-order valence-electron chi connectivity index (χ2n) is 5.43. The molecule has 0 amide bonds. The Bertz CT molecular complexity index is 673. The first kappa shape index (κ1) is 15.0. The van der Waals surface area contributed by atoms with Crippen molar-refractivity contribution in [2.75, 3.05) is 7.05 Å². The molecule has 22 heavy (non-hydrogen) atoms. The lowest BCUT2D eigenvalue weighted by Gasteiger charge is -2.25. The van der Waals surface area contributed by atoms with E-state index in [1.54, 1.807) is 18.4 Å². The van der Waals surface area contributed by atoms with Crippen LogP contribution in [0.3, 0.4) is 0 Å². The van der Waals surface area contributed by atoms with Crippen molar-refractivity contribution in [3.63, 3.8) is 0 Å². The molecule has 0 saturated heterocycles. The summed E-state index contributed by atoms with van der Waals surface area (Å²) in [6.45, 7) is 5.52. The molecule has 8 heteroatoms. The summed E-state index contributed by atoms with van der Waals surface area (Å²) in [6.07, 6.45) is 3.88. The molecule has 2 aromatic heterocycles. The molecular weight excluding hydrogens is 298 g/mol. The number of guanidine groups is 1. The summed E-state index contributed by atoms with van der Waals surface area (Å²) in [4.78, 5) is 14.3. The van der Waals surface area contributed by atoms with Crippen LogP contribution in [0.5, 0.6) is 0 Å². The number of aromatic nitrogens is 4. The first-order valence-electron chi connectivity index (χ1n) is 7.43. The van der Waals surface area contributed by atoms with E-state index in [0.717, 1.165) is 42.0 Å². The smallest absolute Gasteiger partial charge is 0.191 e. The Morgan fingerprint density at radius 2 is 2.36 bits per heavy atom. The van der Waals surface area contributed by atoms with Gasteiger partial charge in [-0.1, -0.05) is 0 Å². The molecule has 1 unspecified atom stereocenters. The fourth-order valence-corrected chi connectivity index (χ4v) is 3.31. The number of hydrogen-bond donors (Lipinski definition) is 2. The van der Waals surface area contributed by atoms with E-state index < -0.39 is 0 Å². The SMILES string of the molecule is CN=C(NCc1ncc(C)s1)NC1CCc2nc(C)nn2C1. The van der Waals surface area contributed by atoms with Gasteiger partial charge in [0.2, 0.25) is 0 Å². The number of nitrogens with one attached hydrogen (secondary N) is 2. The van der Waals surface area contributed by atoms with Gasteiger partial charge in [0.05, 0.1) is 13.1 Å². The quantitative estimate of drug-likeness (QED) is 0.652. The summed E-state index contributed by atoms with van der Waals surface area (Å²) in [5, 5.41) is 12.3. The monoisotopic (exact) mass is 319 g/mol. The topological polar surface area (TPSA) is 80.0 Å². The van der Waals surface area contributed by atoms with Gasteiger partial charge >= 0.3 is 0 Å². The van der Waals surface area contributed by atoms with Crippen molar-refractivity contribution in [3.8, 4) is 0 Å². The third-order valence-electron chi connectivity index (χ3n) is 3.60. The van der Waals surface area contributed by atoms with E-state index in [4.69, 9.17) is 0 Å². The molecule has 3 rings (SSSR count). The summed E-state index contributed by atoms with van der Waals surface area (Å²) < 4.78 is 1.99. The number of hydrogen-bond acceptors (Lipinski definition) is 5.